The van der Waals surface area contributed by atoms with E-state index in [1.165, 1.54) is 12.3 Å². The van der Waals surface area contributed by atoms with Crippen molar-refractivity contribution in [3.05, 3.63) is 6.07 Å². The van der Waals surface area contributed by atoms with E-state index in [4.69, 9.17) is 11.5 Å². The molecule has 0 radical (unpaired) electrons. The van der Waals surface area contributed by atoms with E-state index in [-0.39, 0.29) is 23.6 Å². The molecule has 0 aromatic carbocycles. The molecule has 0 bridgehead atoms. The van der Waals surface area contributed by atoms with Crippen LogP contribution < -0.4 is 16.8 Å². The third kappa shape index (κ3) is 4.30. The van der Waals surface area contributed by atoms with E-state index in [9.17, 15) is 8.42 Å². The van der Waals surface area contributed by atoms with Gasteiger partial charge in [-0.05, 0) is 6.92 Å². The van der Waals surface area contributed by atoms with Gasteiger partial charge in [-0.15, -0.1) is 0 Å². The van der Waals surface area contributed by atoms with Gasteiger partial charge in [0, 0.05) is 18.4 Å². The molecule has 1 aromatic rings. The number of hydrogen-bond donors (Lipinski definition) is 3. The van der Waals surface area contributed by atoms with Crippen LogP contribution in [0.2, 0.25) is 0 Å². The summed E-state index contributed by atoms with van der Waals surface area (Å²) < 4.78 is 22.1. The van der Waals surface area contributed by atoms with Crippen LogP contribution in [0.4, 0.5) is 17.6 Å². The average molecular weight is 245 g/mol. The normalized spacial score (nSPS) is 13.4. The van der Waals surface area contributed by atoms with Crippen molar-refractivity contribution in [2.45, 2.75) is 13.0 Å². The minimum Gasteiger partial charge on any atom is -0.383 e. The zero-order valence-corrected chi connectivity index (χ0v) is 9.95. The maximum Gasteiger partial charge on any atom is 0.223 e. The number of nitrogens with two attached hydrogens (primary N) is 2. The van der Waals surface area contributed by atoms with Crippen molar-refractivity contribution in [1.29, 1.82) is 0 Å². The summed E-state index contributed by atoms with van der Waals surface area (Å²) >= 11 is 0. The van der Waals surface area contributed by atoms with Crippen molar-refractivity contribution in [2.24, 2.45) is 0 Å². The number of hydrogen-bond acceptors (Lipinski definition) is 7. The van der Waals surface area contributed by atoms with E-state index < -0.39 is 9.84 Å². The predicted octanol–water partition coefficient (Wildman–Crippen LogP) is -0.514. The van der Waals surface area contributed by atoms with Crippen molar-refractivity contribution < 1.29 is 8.42 Å². The van der Waals surface area contributed by atoms with Crippen molar-refractivity contribution in [3.63, 3.8) is 0 Å². The lowest BCUT2D eigenvalue weighted by atomic mass is 10.4. The molecule has 0 aliphatic carbocycles. The molecule has 1 heterocycles. The Bertz CT molecular complexity index is 453. The zero-order chi connectivity index (χ0) is 12.3. The fourth-order valence-corrected chi connectivity index (χ4v) is 2.30. The van der Waals surface area contributed by atoms with Crippen LogP contribution in [0.1, 0.15) is 6.92 Å². The molecule has 0 fully saturated rings. The standard InChI is InChI=1S/C8H15N5O2S/c1-5(4-16(2,14)15)11-7-3-6(9)12-8(10)13-7/h3,5H,4H2,1-2H3,(H5,9,10,11,12,13). The summed E-state index contributed by atoms with van der Waals surface area (Å²) in [6, 6.07) is 1.22. The van der Waals surface area contributed by atoms with Crippen molar-refractivity contribution in [3.8, 4) is 0 Å². The first-order valence-electron chi connectivity index (χ1n) is 4.60. The third-order valence-corrected chi connectivity index (χ3v) is 2.82. The first-order valence-corrected chi connectivity index (χ1v) is 6.66. The smallest absolute Gasteiger partial charge is 0.223 e. The lowest BCUT2D eigenvalue weighted by Crippen LogP contribution is -2.25. The molecular formula is C8H15N5O2S. The highest BCUT2D eigenvalue weighted by molar-refractivity contribution is 7.90. The van der Waals surface area contributed by atoms with E-state index in [1.807, 2.05) is 0 Å². The summed E-state index contributed by atoms with van der Waals surface area (Å²) in [5.41, 5.74) is 10.9. The molecule has 8 heteroatoms. The van der Waals surface area contributed by atoms with Crippen molar-refractivity contribution in [2.75, 3.05) is 28.8 Å². The Hall–Kier alpha value is -1.57. The van der Waals surface area contributed by atoms with Gasteiger partial charge in [0.05, 0.1) is 5.75 Å². The number of nitrogens with zero attached hydrogens (tertiary/aromatic N) is 2. The number of aromatic nitrogens is 2. The molecule has 1 aromatic heterocycles. The Morgan fingerprint density at radius 1 is 1.44 bits per heavy atom. The van der Waals surface area contributed by atoms with Crippen LogP contribution in [-0.4, -0.2) is 36.4 Å². The summed E-state index contributed by atoms with van der Waals surface area (Å²) in [5, 5.41) is 2.89. The van der Waals surface area contributed by atoms with Gasteiger partial charge in [-0.2, -0.15) is 9.97 Å². The van der Waals surface area contributed by atoms with Crippen molar-refractivity contribution in [1.82, 2.24) is 9.97 Å². The Morgan fingerprint density at radius 2 is 2.06 bits per heavy atom. The van der Waals surface area contributed by atoms with Gasteiger partial charge in [-0.25, -0.2) is 8.42 Å². The van der Waals surface area contributed by atoms with Gasteiger partial charge >= 0.3 is 0 Å². The highest BCUT2D eigenvalue weighted by atomic mass is 32.2. The quantitative estimate of drug-likeness (QED) is 0.652. The Balaban J connectivity index is 2.73. The van der Waals surface area contributed by atoms with Gasteiger partial charge in [0.15, 0.2) is 0 Å². The predicted molar refractivity (Wildman–Crippen MR) is 63.7 cm³/mol. The summed E-state index contributed by atoms with van der Waals surface area (Å²) in [7, 11) is -3.03. The maximum absolute atomic E-state index is 11.0. The highest BCUT2D eigenvalue weighted by Crippen LogP contribution is 2.10. The number of nitrogen functional groups attached to an aromatic ring is 2. The van der Waals surface area contributed by atoms with Crippen LogP contribution in [0.5, 0.6) is 0 Å². The lowest BCUT2D eigenvalue weighted by Gasteiger charge is -2.13. The number of sulfone groups is 1. The maximum atomic E-state index is 11.0. The van der Waals surface area contributed by atoms with Crippen LogP contribution in [0, 0.1) is 0 Å². The van der Waals surface area contributed by atoms with Crippen LogP contribution >= 0.6 is 0 Å². The summed E-state index contributed by atoms with van der Waals surface area (Å²) in [6.45, 7) is 1.73. The van der Waals surface area contributed by atoms with E-state index in [1.54, 1.807) is 6.92 Å². The molecule has 5 N–H and O–H groups in total. The van der Waals surface area contributed by atoms with Crippen LogP contribution in [0.25, 0.3) is 0 Å². The second-order valence-corrected chi connectivity index (χ2v) is 5.86. The molecule has 1 unspecified atom stereocenters. The molecule has 7 nitrogen and oxygen atoms in total. The minimum absolute atomic E-state index is 0.0107. The third-order valence-electron chi connectivity index (χ3n) is 1.71. The van der Waals surface area contributed by atoms with Crippen LogP contribution in [0.3, 0.4) is 0 Å². The van der Waals surface area contributed by atoms with Crippen LogP contribution in [-0.2, 0) is 9.84 Å². The average Bonchev–Trinajstić information content (AvgIpc) is 1.96. The summed E-state index contributed by atoms with van der Waals surface area (Å²) in [6.07, 6.45) is 1.17. The number of nitrogens with one attached hydrogen (secondary N) is 1. The molecule has 1 atom stereocenters. The van der Waals surface area contributed by atoms with Gasteiger partial charge in [-0.3, -0.25) is 0 Å². The number of anilines is 3. The molecular weight excluding hydrogens is 230 g/mol. The Labute approximate surface area is 94.2 Å². The number of rotatable bonds is 4. The fourth-order valence-electron chi connectivity index (χ4n) is 1.31. The molecule has 0 saturated carbocycles. The lowest BCUT2D eigenvalue weighted by molar-refractivity contribution is 0.598. The molecule has 16 heavy (non-hydrogen) atoms. The van der Waals surface area contributed by atoms with E-state index in [0.717, 1.165) is 0 Å². The van der Waals surface area contributed by atoms with Gasteiger partial charge < -0.3 is 16.8 Å². The second-order valence-electron chi connectivity index (χ2n) is 3.67. The van der Waals surface area contributed by atoms with Gasteiger partial charge in [0.2, 0.25) is 5.95 Å². The van der Waals surface area contributed by atoms with E-state index >= 15 is 0 Å². The topological polar surface area (TPSA) is 124 Å². The second kappa shape index (κ2) is 4.52. The van der Waals surface area contributed by atoms with Gasteiger partial charge in [-0.1, -0.05) is 0 Å². The zero-order valence-electron chi connectivity index (χ0n) is 9.14. The largest absolute Gasteiger partial charge is 0.383 e. The van der Waals surface area contributed by atoms with Crippen molar-refractivity contribution >= 4 is 27.4 Å². The molecule has 0 saturated heterocycles. The highest BCUT2D eigenvalue weighted by Gasteiger charge is 2.11. The molecule has 0 spiro atoms. The summed E-state index contributed by atoms with van der Waals surface area (Å²) in [4.78, 5) is 7.59. The SMILES string of the molecule is CC(CS(C)(=O)=O)Nc1cc(N)nc(N)n1. The molecule has 0 aliphatic rings. The molecule has 90 valence electrons. The molecule has 0 amide bonds. The molecule has 1 rings (SSSR count). The fraction of sp³-hybridized carbons (Fsp3) is 0.500. The van der Waals surface area contributed by atoms with Gasteiger partial charge in [0.25, 0.3) is 0 Å². The molecule has 0 aliphatic heterocycles. The van der Waals surface area contributed by atoms with Gasteiger partial charge in [0.1, 0.15) is 21.5 Å². The summed E-state index contributed by atoms with van der Waals surface area (Å²) in [5.74, 6) is 0.716. The monoisotopic (exact) mass is 245 g/mol. The first kappa shape index (κ1) is 12.5. The van der Waals surface area contributed by atoms with Crippen LogP contribution in [0.15, 0.2) is 6.07 Å². The van der Waals surface area contributed by atoms with E-state index in [2.05, 4.69) is 15.3 Å². The Morgan fingerprint density at radius 3 is 2.56 bits per heavy atom. The minimum atomic E-state index is -3.03. The first-order chi connectivity index (χ1) is 7.26. The van der Waals surface area contributed by atoms with E-state index in [0.29, 0.717) is 5.82 Å². The Kier molecular flexibility index (Phi) is 3.53.